The lowest BCUT2D eigenvalue weighted by Crippen LogP contribution is -3.13. The SMILES string of the molecule is Cc1nn2c(-c3cccc(NC(=O)C[NH+]4CCCCC4)c3)nnc2c2ccccc12. The highest BCUT2D eigenvalue weighted by molar-refractivity contribution is 5.95. The smallest absolute Gasteiger partial charge is 0.279 e. The minimum atomic E-state index is 0.0510. The number of carbonyl (C=O) groups excluding carboxylic acids is 1. The molecule has 1 saturated heterocycles. The number of benzene rings is 2. The molecule has 0 spiro atoms. The van der Waals surface area contributed by atoms with Gasteiger partial charge >= 0.3 is 0 Å². The van der Waals surface area contributed by atoms with Gasteiger partial charge in [0, 0.05) is 22.0 Å². The van der Waals surface area contributed by atoms with Crippen LogP contribution in [0.1, 0.15) is 25.0 Å². The van der Waals surface area contributed by atoms with Crippen LogP contribution >= 0.6 is 0 Å². The number of rotatable bonds is 4. The molecule has 5 rings (SSSR count). The van der Waals surface area contributed by atoms with E-state index in [0.717, 1.165) is 46.5 Å². The van der Waals surface area contributed by atoms with Crippen molar-refractivity contribution in [2.45, 2.75) is 26.2 Å². The zero-order chi connectivity index (χ0) is 20.5. The Morgan fingerprint density at radius 3 is 2.67 bits per heavy atom. The number of anilines is 1. The lowest BCUT2D eigenvalue weighted by molar-refractivity contribution is -0.896. The van der Waals surface area contributed by atoms with Crippen LogP contribution in [0.15, 0.2) is 48.5 Å². The first-order valence-corrected chi connectivity index (χ1v) is 10.5. The molecule has 0 bridgehead atoms. The zero-order valence-electron chi connectivity index (χ0n) is 17.1. The molecule has 7 heteroatoms. The molecule has 30 heavy (non-hydrogen) atoms. The van der Waals surface area contributed by atoms with E-state index in [2.05, 4.69) is 15.5 Å². The molecular formula is C23H25N6O+. The number of likely N-dealkylation sites (tertiary alicyclic amines) is 1. The monoisotopic (exact) mass is 401 g/mol. The Labute approximate surface area is 174 Å². The van der Waals surface area contributed by atoms with Crippen molar-refractivity contribution >= 4 is 28.0 Å². The van der Waals surface area contributed by atoms with Gasteiger partial charge in [-0.15, -0.1) is 10.2 Å². The third-order valence-electron chi connectivity index (χ3n) is 5.82. The first-order chi connectivity index (χ1) is 14.7. The van der Waals surface area contributed by atoms with Crippen LogP contribution in [-0.4, -0.2) is 45.4 Å². The lowest BCUT2D eigenvalue weighted by atomic mass is 10.1. The highest BCUT2D eigenvalue weighted by Crippen LogP contribution is 2.26. The van der Waals surface area contributed by atoms with Crippen molar-refractivity contribution in [3.05, 3.63) is 54.2 Å². The summed E-state index contributed by atoms with van der Waals surface area (Å²) in [5, 5.41) is 18.6. The molecular weight excluding hydrogens is 376 g/mol. The van der Waals surface area contributed by atoms with E-state index in [1.807, 2.05) is 55.5 Å². The summed E-state index contributed by atoms with van der Waals surface area (Å²) in [5.41, 5.74) is 3.29. The summed E-state index contributed by atoms with van der Waals surface area (Å²) >= 11 is 0. The lowest BCUT2D eigenvalue weighted by Gasteiger charge is -2.22. The van der Waals surface area contributed by atoms with E-state index in [0.29, 0.717) is 12.4 Å². The number of aryl methyl sites for hydroxylation is 1. The Hall–Kier alpha value is -3.32. The normalized spacial score (nSPS) is 15.0. The number of nitrogens with zero attached hydrogens (tertiary/aromatic N) is 4. The molecule has 3 heterocycles. The quantitative estimate of drug-likeness (QED) is 0.550. The van der Waals surface area contributed by atoms with Gasteiger partial charge in [-0.3, -0.25) is 4.79 Å². The molecule has 152 valence electrons. The van der Waals surface area contributed by atoms with Gasteiger partial charge in [-0.1, -0.05) is 36.4 Å². The first kappa shape index (κ1) is 18.7. The largest absolute Gasteiger partial charge is 0.327 e. The Morgan fingerprint density at radius 1 is 1.03 bits per heavy atom. The number of piperidine rings is 1. The number of nitrogens with one attached hydrogen (secondary N) is 2. The van der Waals surface area contributed by atoms with E-state index < -0.39 is 0 Å². The maximum atomic E-state index is 12.5. The van der Waals surface area contributed by atoms with E-state index >= 15 is 0 Å². The van der Waals surface area contributed by atoms with Gasteiger partial charge in [-0.25, -0.2) is 0 Å². The van der Waals surface area contributed by atoms with E-state index in [1.165, 1.54) is 24.2 Å². The minimum absolute atomic E-state index is 0.0510. The predicted octanol–water partition coefficient (Wildman–Crippen LogP) is 2.26. The van der Waals surface area contributed by atoms with Gasteiger partial charge in [0.25, 0.3) is 5.91 Å². The van der Waals surface area contributed by atoms with Crippen molar-refractivity contribution < 1.29 is 9.69 Å². The number of fused-ring (bicyclic) bond motifs is 3. The molecule has 0 unspecified atom stereocenters. The number of amides is 1. The molecule has 1 amide bonds. The van der Waals surface area contributed by atoms with Crippen molar-refractivity contribution in [1.82, 2.24) is 19.8 Å². The van der Waals surface area contributed by atoms with Crippen LogP contribution in [0.25, 0.3) is 27.8 Å². The van der Waals surface area contributed by atoms with Gasteiger partial charge in [0.15, 0.2) is 18.0 Å². The molecule has 7 nitrogen and oxygen atoms in total. The highest BCUT2D eigenvalue weighted by atomic mass is 16.2. The number of hydrogen-bond donors (Lipinski definition) is 2. The minimum Gasteiger partial charge on any atom is -0.327 e. The summed E-state index contributed by atoms with van der Waals surface area (Å²) < 4.78 is 1.79. The Bertz CT molecular complexity index is 1230. The molecule has 0 atom stereocenters. The van der Waals surface area contributed by atoms with Gasteiger partial charge in [0.05, 0.1) is 18.8 Å². The van der Waals surface area contributed by atoms with E-state index in [-0.39, 0.29) is 5.91 Å². The standard InChI is InChI=1S/C23H24N6O/c1-16-19-10-3-4-11-20(19)23-26-25-22(29(23)27-16)17-8-7-9-18(14-17)24-21(30)15-28-12-5-2-6-13-28/h3-4,7-11,14H,2,5-6,12-13,15H2,1H3,(H,24,30)/p+1. The van der Waals surface area contributed by atoms with Crippen LogP contribution in [0.2, 0.25) is 0 Å². The molecule has 2 aromatic carbocycles. The van der Waals surface area contributed by atoms with Crippen molar-refractivity contribution in [1.29, 1.82) is 0 Å². The third kappa shape index (κ3) is 3.52. The number of quaternary nitrogens is 1. The van der Waals surface area contributed by atoms with E-state index in [1.54, 1.807) is 4.52 Å². The van der Waals surface area contributed by atoms with Crippen molar-refractivity contribution in [3.63, 3.8) is 0 Å². The van der Waals surface area contributed by atoms with E-state index in [9.17, 15) is 4.79 Å². The van der Waals surface area contributed by atoms with Gasteiger partial charge < -0.3 is 10.2 Å². The van der Waals surface area contributed by atoms with Crippen LogP contribution in [-0.2, 0) is 4.79 Å². The fraction of sp³-hybridized carbons (Fsp3) is 0.304. The number of hydrogen-bond acceptors (Lipinski definition) is 4. The maximum Gasteiger partial charge on any atom is 0.279 e. The Kier molecular flexibility index (Phi) is 4.88. The van der Waals surface area contributed by atoms with Crippen LogP contribution in [0.5, 0.6) is 0 Å². The summed E-state index contributed by atoms with van der Waals surface area (Å²) in [7, 11) is 0. The van der Waals surface area contributed by atoms with Crippen molar-refractivity contribution in [2.75, 3.05) is 25.0 Å². The second kappa shape index (κ2) is 7.84. The molecule has 1 aliphatic heterocycles. The third-order valence-corrected chi connectivity index (χ3v) is 5.82. The molecule has 0 saturated carbocycles. The van der Waals surface area contributed by atoms with Gasteiger partial charge in [-0.05, 0) is 38.3 Å². The molecule has 1 aliphatic rings. The average Bonchev–Trinajstić information content (AvgIpc) is 3.19. The summed E-state index contributed by atoms with van der Waals surface area (Å²) in [5.74, 6) is 0.715. The van der Waals surface area contributed by atoms with Crippen LogP contribution < -0.4 is 10.2 Å². The summed E-state index contributed by atoms with van der Waals surface area (Å²) in [4.78, 5) is 13.9. The summed E-state index contributed by atoms with van der Waals surface area (Å²) in [6, 6.07) is 15.8. The number of carbonyl (C=O) groups is 1. The van der Waals surface area contributed by atoms with Crippen LogP contribution in [0, 0.1) is 6.92 Å². The molecule has 1 fully saturated rings. The second-order valence-corrected chi connectivity index (χ2v) is 8.01. The van der Waals surface area contributed by atoms with Crippen LogP contribution in [0.4, 0.5) is 5.69 Å². The summed E-state index contributed by atoms with van der Waals surface area (Å²) in [6.45, 7) is 4.67. The fourth-order valence-corrected chi connectivity index (χ4v) is 4.32. The van der Waals surface area contributed by atoms with E-state index in [4.69, 9.17) is 5.10 Å². The van der Waals surface area contributed by atoms with Crippen LogP contribution in [0.3, 0.4) is 0 Å². The molecule has 0 aliphatic carbocycles. The first-order valence-electron chi connectivity index (χ1n) is 10.5. The highest BCUT2D eigenvalue weighted by Gasteiger charge is 2.18. The Morgan fingerprint density at radius 2 is 1.83 bits per heavy atom. The number of aromatic nitrogens is 4. The Balaban J connectivity index is 1.44. The van der Waals surface area contributed by atoms with Crippen molar-refractivity contribution in [2.24, 2.45) is 0 Å². The van der Waals surface area contributed by atoms with Gasteiger partial charge in [-0.2, -0.15) is 9.61 Å². The molecule has 2 aromatic heterocycles. The molecule has 2 N–H and O–H groups in total. The van der Waals surface area contributed by atoms with Crippen molar-refractivity contribution in [3.8, 4) is 11.4 Å². The zero-order valence-corrected chi connectivity index (χ0v) is 17.1. The average molecular weight is 401 g/mol. The fourth-order valence-electron chi connectivity index (χ4n) is 4.32. The second-order valence-electron chi connectivity index (χ2n) is 8.01. The molecule has 4 aromatic rings. The maximum absolute atomic E-state index is 12.5. The topological polar surface area (TPSA) is 76.6 Å². The molecule has 0 radical (unpaired) electrons. The predicted molar refractivity (Wildman–Crippen MR) is 117 cm³/mol. The van der Waals surface area contributed by atoms with Gasteiger partial charge in [0.2, 0.25) is 0 Å². The summed E-state index contributed by atoms with van der Waals surface area (Å²) in [6.07, 6.45) is 3.70. The van der Waals surface area contributed by atoms with Gasteiger partial charge in [0.1, 0.15) is 0 Å².